The summed E-state index contributed by atoms with van der Waals surface area (Å²) in [5.41, 5.74) is 2.40. The molecule has 15 heavy (non-hydrogen) atoms. The molecule has 1 heterocycles. The lowest BCUT2D eigenvalue weighted by atomic mass is 10.2. The zero-order valence-electron chi connectivity index (χ0n) is 8.13. The molecule has 1 nitrogen and oxygen atoms in total. The van der Waals surface area contributed by atoms with Gasteiger partial charge in [0.05, 0.1) is 5.69 Å². The number of nitrogens with zero attached hydrogens (tertiary/aromatic N) is 1. The van der Waals surface area contributed by atoms with Crippen molar-refractivity contribution in [3.05, 3.63) is 60.2 Å². The van der Waals surface area contributed by atoms with Crippen LogP contribution in [0.25, 0.3) is 0 Å². The molecule has 1 unspecified atom stereocenters. The molecule has 1 aliphatic heterocycles. The van der Waals surface area contributed by atoms with Gasteiger partial charge in [0, 0.05) is 4.90 Å². The van der Waals surface area contributed by atoms with Crippen LogP contribution in [-0.4, -0.2) is 0 Å². The third kappa shape index (κ3) is 1.61. The van der Waals surface area contributed by atoms with Crippen LogP contribution in [0, 0.1) is 0 Å². The number of hydrogen-bond acceptors (Lipinski definition) is 1. The van der Waals surface area contributed by atoms with E-state index < -0.39 is 0 Å². The standard InChI is InChI=1S/C13H10NS/c1-2-6-10(7-3-1)13-14-11-8-4-5-9-12(11)15-13/h1-9,13H. The number of thioether (sulfide) groups is 1. The van der Waals surface area contributed by atoms with E-state index in [1.807, 2.05) is 23.9 Å². The molecule has 0 N–H and O–H groups in total. The highest BCUT2D eigenvalue weighted by molar-refractivity contribution is 8.00. The summed E-state index contributed by atoms with van der Waals surface area (Å²) in [5, 5.41) is 4.92. The molecule has 0 aromatic heterocycles. The van der Waals surface area contributed by atoms with Gasteiger partial charge in [-0.25, -0.2) is 0 Å². The molecule has 0 saturated carbocycles. The van der Waals surface area contributed by atoms with E-state index in [0.717, 1.165) is 5.69 Å². The fourth-order valence-corrected chi connectivity index (χ4v) is 2.80. The molecule has 3 rings (SSSR count). The van der Waals surface area contributed by atoms with Gasteiger partial charge in [0.25, 0.3) is 0 Å². The van der Waals surface area contributed by atoms with Crippen LogP contribution in [0.3, 0.4) is 0 Å². The Morgan fingerprint density at radius 2 is 1.60 bits per heavy atom. The van der Waals surface area contributed by atoms with Crippen molar-refractivity contribution in [2.24, 2.45) is 0 Å². The first kappa shape index (κ1) is 8.86. The molecule has 0 fully saturated rings. The first-order chi connectivity index (χ1) is 7.43. The highest BCUT2D eigenvalue weighted by Gasteiger charge is 2.23. The van der Waals surface area contributed by atoms with Crippen molar-refractivity contribution in [3.8, 4) is 0 Å². The van der Waals surface area contributed by atoms with Crippen LogP contribution in [0.5, 0.6) is 0 Å². The number of rotatable bonds is 1. The second-order valence-electron chi connectivity index (χ2n) is 3.48. The lowest BCUT2D eigenvalue weighted by Crippen LogP contribution is -1.98. The van der Waals surface area contributed by atoms with E-state index in [9.17, 15) is 0 Å². The molecule has 1 radical (unpaired) electrons. The fourth-order valence-electron chi connectivity index (χ4n) is 1.70. The van der Waals surface area contributed by atoms with E-state index in [4.69, 9.17) is 0 Å². The van der Waals surface area contributed by atoms with Gasteiger partial charge in [-0.1, -0.05) is 54.2 Å². The Labute approximate surface area is 93.5 Å². The second kappa shape index (κ2) is 3.63. The van der Waals surface area contributed by atoms with Gasteiger partial charge >= 0.3 is 0 Å². The summed E-state index contributed by atoms with van der Waals surface area (Å²) in [7, 11) is 0. The summed E-state index contributed by atoms with van der Waals surface area (Å²) in [6, 6.07) is 18.7. The highest BCUT2D eigenvalue weighted by atomic mass is 32.2. The molecule has 2 aromatic carbocycles. The van der Waals surface area contributed by atoms with Crippen molar-refractivity contribution < 1.29 is 0 Å². The summed E-state index contributed by atoms with van der Waals surface area (Å²) in [5.74, 6) is 0. The molecule has 0 amide bonds. The van der Waals surface area contributed by atoms with E-state index in [0.29, 0.717) is 0 Å². The SMILES string of the molecule is c1ccc(C2[N]c3ccccc3S2)cc1. The number of fused-ring (bicyclic) bond motifs is 1. The van der Waals surface area contributed by atoms with Gasteiger partial charge in [0.1, 0.15) is 5.37 Å². The van der Waals surface area contributed by atoms with Crippen LogP contribution in [0.1, 0.15) is 10.9 Å². The van der Waals surface area contributed by atoms with Gasteiger partial charge in [-0.3, -0.25) is 5.32 Å². The zero-order valence-corrected chi connectivity index (χ0v) is 8.95. The minimum Gasteiger partial charge on any atom is -0.265 e. The fraction of sp³-hybridized carbons (Fsp3) is 0.0769. The van der Waals surface area contributed by atoms with Crippen molar-refractivity contribution >= 4 is 17.4 Å². The average Bonchev–Trinajstić information content (AvgIpc) is 2.74. The molecule has 0 spiro atoms. The minimum absolute atomic E-state index is 0.239. The summed E-state index contributed by atoms with van der Waals surface area (Å²) in [6.45, 7) is 0. The number of hydrogen-bond donors (Lipinski definition) is 0. The van der Waals surface area contributed by atoms with Crippen molar-refractivity contribution in [2.75, 3.05) is 0 Å². The van der Waals surface area contributed by atoms with Crippen LogP contribution in [0.2, 0.25) is 0 Å². The first-order valence-corrected chi connectivity index (χ1v) is 5.83. The largest absolute Gasteiger partial charge is 0.265 e. The molecule has 0 bridgehead atoms. The Balaban J connectivity index is 1.91. The molecular formula is C13H10NS. The van der Waals surface area contributed by atoms with Crippen LogP contribution in [0.15, 0.2) is 59.5 Å². The van der Waals surface area contributed by atoms with Gasteiger partial charge < -0.3 is 0 Å². The quantitative estimate of drug-likeness (QED) is 0.702. The van der Waals surface area contributed by atoms with Crippen molar-refractivity contribution in [2.45, 2.75) is 10.3 Å². The smallest absolute Gasteiger partial charge is 0.126 e. The lowest BCUT2D eigenvalue weighted by Gasteiger charge is -2.07. The van der Waals surface area contributed by atoms with Gasteiger partial charge in [-0.2, -0.15) is 0 Å². The number of para-hydroxylation sites is 1. The number of benzene rings is 2. The van der Waals surface area contributed by atoms with E-state index in [1.165, 1.54) is 10.5 Å². The maximum atomic E-state index is 4.68. The summed E-state index contributed by atoms with van der Waals surface area (Å²) in [6.07, 6.45) is 0. The average molecular weight is 212 g/mol. The monoisotopic (exact) mass is 212 g/mol. The van der Waals surface area contributed by atoms with Crippen LogP contribution >= 0.6 is 11.8 Å². The van der Waals surface area contributed by atoms with Crippen molar-refractivity contribution in [1.82, 2.24) is 5.32 Å². The molecule has 0 saturated heterocycles. The summed E-state index contributed by atoms with van der Waals surface area (Å²) < 4.78 is 0. The van der Waals surface area contributed by atoms with Crippen LogP contribution in [0.4, 0.5) is 5.69 Å². The highest BCUT2D eigenvalue weighted by Crippen LogP contribution is 2.46. The molecule has 0 aliphatic carbocycles. The lowest BCUT2D eigenvalue weighted by molar-refractivity contribution is 0.854. The van der Waals surface area contributed by atoms with Crippen LogP contribution in [-0.2, 0) is 0 Å². The van der Waals surface area contributed by atoms with E-state index in [1.54, 1.807) is 0 Å². The van der Waals surface area contributed by atoms with Gasteiger partial charge in [0.15, 0.2) is 0 Å². The Kier molecular flexibility index (Phi) is 2.14. The van der Waals surface area contributed by atoms with Gasteiger partial charge in [-0.05, 0) is 17.7 Å². The van der Waals surface area contributed by atoms with Crippen molar-refractivity contribution in [3.63, 3.8) is 0 Å². The zero-order chi connectivity index (χ0) is 10.1. The van der Waals surface area contributed by atoms with Gasteiger partial charge in [-0.15, -0.1) is 0 Å². The van der Waals surface area contributed by atoms with E-state index >= 15 is 0 Å². The Bertz CT molecular complexity index is 442. The summed E-state index contributed by atoms with van der Waals surface area (Å²) in [4.78, 5) is 1.28. The maximum absolute atomic E-state index is 4.68. The maximum Gasteiger partial charge on any atom is 0.126 e. The van der Waals surface area contributed by atoms with E-state index in [2.05, 4.69) is 47.8 Å². The Hall–Kier alpha value is -1.41. The molecule has 1 aliphatic rings. The third-order valence-electron chi connectivity index (χ3n) is 2.44. The topological polar surface area (TPSA) is 14.1 Å². The predicted molar refractivity (Wildman–Crippen MR) is 63.3 cm³/mol. The molecule has 1 atom stereocenters. The normalized spacial score (nSPS) is 18.3. The molecule has 2 aromatic rings. The second-order valence-corrected chi connectivity index (χ2v) is 4.60. The van der Waals surface area contributed by atoms with Crippen molar-refractivity contribution in [1.29, 1.82) is 0 Å². The minimum atomic E-state index is 0.239. The third-order valence-corrected chi connectivity index (χ3v) is 3.64. The first-order valence-electron chi connectivity index (χ1n) is 4.95. The van der Waals surface area contributed by atoms with Crippen LogP contribution < -0.4 is 5.32 Å². The molecule has 2 heteroatoms. The molecule has 73 valence electrons. The van der Waals surface area contributed by atoms with E-state index in [-0.39, 0.29) is 5.37 Å². The molecular weight excluding hydrogens is 202 g/mol. The van der Waals surface area contributed by atoms with Gasteiger partial charge in [0.2, 0.25) is 0 Å². The summed E-state index contributed by atoms with van der Waals surface area (Å²) >= 11 is 1.82. The predicted octanol–water partition coefficient (Wildman–Crippen LogP) is 3.73. The Morgan fingerprint density at radius 1 is 0.867 bits per heavy atom. The Morgan fingerprint density at radius 3 is 2.40 bits per heavy atom.